The van der Waals surface area contributed by atoms with Crippen LogP contribution in [-0.2, 0) is 12.8 Å². The molecular formula is C15H19N5. The molecule has 3 rings (SSSR count). The highest BCUT2D eigenvalue weighted by atomic mass is 15.0. The lowest BCUT2D eigenvalue weighted by molar-refractivity contribution is 0.837. The fourth-order valence-corrected chi connectivity index (χ4v) is 2.60. The summed E-state index contributed by atoms with van der Waals surface area (Å²) in [6.07, 6.45) is 2.74. The molecule has 0 aliphatic rings. The van der Waals surface area contributed by atoms with E-state index in [1.54, 1.807) is 0 Å². The van der Waals surface area contributed by atoms with Gasteiger partial charge >= 0.3 is 0 Å². The zero-order chi connectivity index (χ0) is 14.1. The van der Waals surface area contributed by atoms with Crippen LogP contribution in [0, 0.1) is 0 Å². The number of anilines is 1. The molecule has 0 fully saturated rings. The molecule has 5 nitrogen and oxygen atoms in total. The predicted octanol–water partition coefficient (Wildman–Crippen LogP) is 2.15. The Balaban J connectivity index is 2.33. The molecule has 0 saturated heterocycles. The van der Waals surface area contributed by atoms with E-state index in [1.165, 1.54) is 5.56 Å². The molecule has 0 amide bonds. The minimum Gasteiger partial charge on any atom is -0.382 e. The summed E-state index contributed by atoms with van der Waals surface area (Å²) in [6, 6.07) is 6.12. The monoisotopic (exact) mass is 269 g/mol. The number of fused-ring (bicyclic) bond motifs is 3. The molecule has 3 aromatic rings. The van der Waals surface area contributed by atoms with Crippen molar-refractivity contribution in [2.75, 3.05) is 12.3 Å². The van der Waals surface area contributed by atoms with Crippen molar-refractivity contribution >= 4 is 27.8 Å². The first-order chi connectivity index (χ1) is 9.74. The van der Waals surface area contributed by atoms with Gasteiger partial charge in [-0.05, 0) is 31.0 Å². The summed E-state index contributed by atoms with van der Waals surface area (Å²) in [4.78, 5) is 12.4. The van der Waals surface area contributed by atoms with Gasteiger partial charge < -0.3 is 16.5 Å². The molecule has 2 heterocycles. The average molecular weight is 269 g/mol. The van der Waals surface area contributed by atoms with E-state index in [4.69, 9.17) is 11.5 Å². The van der Waals surface area contributed by atoms with Crippen molar-refractivity contribution in [3.8, 4) is 0 Å². The number of pyridine rings is 1. The van der Waals surface area contributed by atoms with E-state index < -0.39 is 0 Å². The molecule has 0 bridgehead atoms. The van der Waals surface area contributed by atoms with Crippen molar-refractivity contribution in [3.63, 3.8) is 0 Å². The maximum Gasteiger partial charge on any atom is 0.150 e. The van der Waals surface area contributed by atoms with Crippen molar-refractivity contribution in [3.05, 3.63) is 29.6 Å². The van der Waals surface area contributed by atoms with E-state index in [0.717, 1.165) is 47.0 Å². The van der Waals surface area contributed by atoms with Crippen molar-refractivity contribution in [2.45, 2.75) is 26.2 Å². The summed E-state index contributed by atoms with van der Waals surface area (Å²) in [7, 11) is 0. The van der Waals surface area contributed by atoms with Crippen LogP contribution in [0.25, 0.3) is 21.9 Å². The van der Waals surface area contributed by atoms with Gasteiger partial charge in [-0.25, -0.2) is 9.97 Å². The summed E-state index contributed by atoms with van der Waals surface area (Å²) in [5, 5.41) is 1.10. The van der Waals surface area contributed by atoms with Crippen LogP contribution < -0.4 is 11.5 Å². The van der Waals surface area contributed by atoms with Gasteiger partial charge in [0.2, 0.25) is 0 Å². The van der Waals surface area contributed by atoms with Crippen LogP contribution in [0.5, 0.6) is 0 Å². The number of aryl methyl sites for hydroxylation is 2. The fourth-order valence-electron chi connectivity index (χ4n) is 2.60. The molecular weight excluding hydrogens is 250 g/mol. The third kappa shape index (κ3) is 2.00. The first kappa shape index (κ1) is 12.9. The number of H-pyrrole nitrogens is 1. The lowest BCUT2D eigenvalue weighted by atomic mass is 10.0. The standard InChI is InChI=1S/C15H19N5/c1-2-11-19-13-12-9(6-4-8-16)5-3-7-10(12)18-15(17)14(13)20-11/h3,5,7H,2,4,6,8,16H2,1H3,(H2,17,18)(H,19,20). The molecule has 0 atom stereocenters. The second-order valence-electron chi connectivity index (χ2n) is 4.96. The van der Waals surface area contributed by atoms with Crippen LogP contribution in [0.15, 0.2) is 18.2 Å². The molecule has 0 radical (unpaired) electrons. The summed E-state index contributed by atoms with van der Waals surface area (Å²) in [5.74, 6) is 1.45. The van der Waals surface area contributed by atoms with Crippen LogP contribution in [0.3, 0.4) is 0 Å². The average Bonchev–Trinajstić information content (AvgIpc) is 2.89. The largest absolute Gasteiger partial charge is 0.382 e. The van der Waals surface area contributed by atoms with Gasteiger partial charge in [-0.3, -0.25) is 0 Å². The van der Waals surface area contributed by atoms with Crippen molar-refractivity contribution < 1.29 is 0 Å². The van der Waals surface area contributed by atoms with Crippen molar-refractivity contribution in [2.24, 2.45) is 5.73 Å². The highest BCUT2D eigenvalue weighted by Gasteiger charge is 2.13. The maximum absolute atomic E-state index is 6.04. The quantitative estimate of drug-likeness (QED) is 0.676. The normalized spacial score (nSPS) is 11.5. The number of hydrogen-bond acceptors (Lipinski definition) is 4. The Hall–Kier alpha value is -2.14. The molecule has 5 N–H and O–H groups in total. The Morgan fingerprint density at radius 3 is 2.85 bits per heavy atom. The molecule has 0 saturated carbocycles. The maximum atomic E-state index is 6.04. The number of imidazole rings is 1. The Morgan fingerprint density at radius 2 is 2.10 bits per heavy atom. The third-order valence-corrected chi connectivity index (χ3v) is 3.60. The van der Waals surface area contributed by atoms with Gasteiger partial charge in [0.25, 0.3) is 0 Å². The second kappa shape index (κ2) is 5.09. The lowest BCUT2D eigenvalue weighted by Gasteiger charge is -2.07. The molecule has 0 aliphatic carbocycles. The summed E-state index contributed by atoms with van der Waals surface area (Å²) < 4.78 is 0. The van der Waals surface area contributed by atoms with Crippen LogP contribution in [0.4, 0.5) is 5.82 Å². The summed E-state index contributed by atoms with van der Waals surface area (Å²) >= 11 is 0. The Labute approximate surface area is 117 Å². The van der Waals surface area contributed by atoms with Crippen LogP contribution >= 0.6 is 0 Å². The third-order valence-electron chi connectivity index (χ3n) is 3.60. The number of rotatable bonds is 4. The predicted molar refractivity (Wildman–Crippen MR) is 82.6 cm³/mol. The van der Waals surface area contributed by atoms with E-state index in [0.29, 0.717) is 12.4 Å². The van der Waals surface area contributed by atoms with Gasteiger partial charge in [0.1, 0.15) is 22.7 Å². The second-order valence-corrected chi connectivity index (χ2v) is 4.96. The van der Waals surface area contributed by atoms with E-state index in [1.807, 2.05) is 12.1 Å². The van der Waals surface area contributed by atoms with E-state index in [-0.39, 0.29) is 0 Å². The summed E-state index contributed by atoms with van der Waals surface area (Å²) in [5.41, 5.74) is 15.6. The first-order valence-electron chi connectivity index (χ1n) is 7.00. The summed E-state index contributed by atoms with van der Waals surface area (Å²) in [6.45, 7) is 2.75. The minimum atomic E-state index is 0.510. The minimum absolute atomic E-state index is 0.510. The van der Waals surface area contributed by atoms with Crippen LogP contribution in [-0.4, -0.2) is 21.5 Å². The smallest absolute Gasteiger partial charge is 0.150 e. The molecule has 0 aliphatic heterocycles. The molecule has 20 heavy (non-hydrogen) atoms. The Morgan fingerprint density at radius 1 is 1.25 bits per heavy atom. The molecule has 5 heteroatoms. The number of aromatic nitrogens is 3. The highest BCUT2D eigenvalue weighted by Crippen LogP contribution is 2.29. The topological polar surface area (TPSA) is 93.6 Å². The number of nitrogens with one attached hydrogen (secondary N) is 1. The number of benzene rings is 1. The van der Waals surface area contributed by atoms with Crippen LogP contribution in [0.1, 0.15) is 24.7 Å². The van der Waals surface area contributed by atoms with Gasteiger partial charge in [0.15, 0.2) is 0 Å². The SMILES string of the molecule is CCc1nc2c([nH]1)c(N)nc1cccc(CCCN)c12. The van der Waals surface area contributed by atoms with Gasteiger partial charge in [0.05, 0.1) is 5.52 Å². The zero-order valence-corrected chi connectivity index (χ0v) is 11.6. The van der Waals surface area contributed by atoms with E-state index in [9.17, 15) is 0 Å². The fraction of sp³-hybridized carbons (Fsp3) is 0.333. The molecule has 1 aromatic carbocycles. The van der Waals surface area contributed by atoms with Gasteiger partial charge in [-0.1, -0.05) is 19.1 Å². The van der Waals surface area contributed by atoms with Crippen molar-refractivity contribution in [1.29, 1.82) is 0 Å². The lowest BCUT2D eigenvalue weighted by Crippen LogP contribution is -2.01. The number of nitrogen functional groups attached to an aromatic ring is 1. The van der Waals surface area contributed by atoms with Gasteiger partial charge in [-0.15, -0.1) is 0 Å². The van der Waals surface area contributed by atoms with E-state index >= 15 is 0 Å². The molecule has 0 unspecified atom stereocenters. The van der Waals surface area contributed by atoms with Gasteiger partial charge in [0, 0.05) is 11.8 Å². The first-order valence-corrected chi connectivity index (χ1v) is 7.00. The number of nitrogens with zero attached hydrogens (tertiary/aromatic N) is 2. The zero-order valence-electron chi connectivity index (χ0n) is 11.6. The van der Waals surface area contributed by atoms with Crippen LogP contribution in [0.2, 0.25) is 0 Å². The number of nitrogens with two attached hydrogens (primary N) is 2. The van der Waals surface area contributed by atoms with Gasteiger partial charge in [-0.2, -0.15) is 0 Å². The number of aromatic amines is 1. The molecule has 0 spiro atoms. The number of hydrogen-bond donors (Lipinski definition) is 3. The van der Waals surface area contributed by atoms with Crippen molar-refractivity contribution in [1.82, 2.24) is 15.0 Å². The molecule has 104 valence electrons. The molecule has 2 aromatic heterocycles. The highest BCUT2D eigenvalue weighted by molar-refractivity contribution is 6.07. The van der Waals surface area contributed by atoms with E-state index in [2.05, 4.69) is 27.9 Å². The Kier molecular flexibility index (Phi) is 3.28. The Bertz CT molecular complexity index is 760.